The van der Waals surface area contributed by atoms with Gasteiger partial charge in [-0.15, -0.1) is 0 Å². The molecule has 8 heteroatoms. The summed E-state index contributed by atoms with van der Waals surface area (Å²) < 4.78 is 10.8. The van der Waals surface area contributed by atoms with Gasteiger partial charge in [-0.05, 0) is 23.8 Å². The molecule has 2 N–H and O–H groups in total. The van der Waals surface area contributed by atoms with Crippen molar-refractivity contribution in [1.29, 1.82) is 0 Å². The first-order valence-corrected chi connectivity index (χ1v) is 8.46. The van der Waals surface area contributed by atoms with E-state index in [0.29, 0.717) is 18.0 Å². The number of rotatable bonds is 6. The van der Waals surface area contributed by atoms with Crippen molar-refractivity contribution < 1.29 is 19.2 Å². The third-order valence-corrected chi connectivity index (χ3v) is 4.56. The molecule has 0 fully saturated rings. The minimum absolute atomic E-state index is 0.130. The summed E-state index contributed by atoms with van der Waals surface area (Å²) in [7, 11) is 1.49. The van der Waals surface area contributed by atoms with E-state index in [1.807, 2.05) is 18.2 Å². The van der Waals surface area contributed by atoms with Gasteiger partial charge in [0.25, 0.3) is 11.6 Å². The number of benzene rings is 2. The Balaban J connectivity index is 1.82. The van der Waals surface area contributed by atoms with Gasteiger partial charge in [0.2, 0.25) is 6.79 Å². The molecule has 0 saturated carbocycles. The maximum Gasteiger partial charge on any atom is 0.270 e. The first-order chi connectivity index (χ1) is 12.8. The number of nitro benzene ring substituents is 1. The third kappa shape index (κ3) is 3.79. The molecule has 0 aromatic heterocycles. The van der Waals surface area contributed by atoms with Gasteiger partial charge in [0.1, 0.15) is 0 Å². The summed E-state index contributed by atoms with van der Waals surface area (Å²) in [5, 5.41) is 16.8. The fourth-order valence-corrected chi connectivity index (χ4v) is 2.86. The van der Waals surface area contributed by atoms with Crippen LogP contribution in [-0.2, 0) is 5.41 Å². The van der Waals surface area contributed by atoms with Gasteiger partial charge in [0, 0.05) is 36.8 Å². The number of nitro groups is 1. The Morgan fingerprint density at radius 1 is 1.19 bits per heavy atom. The molecule has 2 aromatic carbocycles. The van der Waals surface area contributed by atoms with Crippen LogP contribution in [0.2, 0.25) is 0 Å². The zero-order valence-corrected chi connectivity index (χ0v) is 15.4. The van der Waals surface area contributed by atoms with Crippen molar-refractivity contribution in [2.45, 2.75) is 19.3 Å². The molecule has 1 amide bonds. The van der Waals surface area contributed by atoms with Crippen molar-refractivity contribution in [3.05, 3.63) is 57.6 Å². The molecule has 0 spiro atoms. The van der Waals surface area contributed by atoms with Crippen LogP contribution in [0.4, 0.5) is 11.4 Å². The van der Waals surface area contributed by atoms with Crippen LogP contribution in [0, 0.1) is 10.1 Å². The Hall–Kier alpha value is -3.29. The Bertz CT molecular complexity index is 895. The second kappa shape index (κ2) is 7.14. The monoisotopic (exact) mass is 371 g/mol. The molecule has 0 saturated heterocycles. The topological polar surface area (TPSA) is 103 Å². The van der Waals surface area contributed by atoms with Crippen LogP contribution in [0.15, 0.2) is 36.4 Å². The number of carbonyl (C=O) groups excluding carboxylic acids is 1. The predicted octanol–water partition coefficient (Wildman–Crippen LogP) is 3.07. The Morgan fingerprint density at radius 2 is 1.93 bits per heavy atom. The van der Waals surface area contributed by atoms with E-state index in [0.717, 1.165) is 11.3 Å². The predicted molar refractivity (Wildman–Crippen MR) is 101 cm³/mol. The smallest absolute Gasteiger partial charge is 0.270 e. The van der Waals surface area contributed by atoms with Crippen LogP contribution in [0.3, 0.4) is 0 Å². The Kier molecular flexibility index (Phi) is 4.89. The molecule has 0 radical (unpaired) electrons. The molecule has 1 aliphatic heterocycles. The molecule has 2 aromatic rings. The number of anilines is 1. The van der Waals surface area contributed by atoms with Gasteiger partial charge < -0.3 is 20.1 Å². The number of amides is 1. The number of hydrogen-bond donors (Lipinski definition) is 2. The minimum atomic E-state index is -0.521. The van der Waals surface area contributed by atoms with Gasteiger partial charge in [0.15, 0.2) is 11.5 Å². The van der Waals surface area contributed by atoms with Gasteiger partial charge in [-0.1, -0.05) is 19.9 Å². The summed E-state index contributed by atoms with van der Waals surface area (Å²) in [5.74, 6) is 1.05. The van der Waals surface area contributed by atoms with E-state index >= 15 is 0 Å². The SMILES string of the molecule is CNC(=O)c1cc([N+](=O)[O-])ccc1NCC(C)(C)c1ccc2c(c1)OCO2. The molecular formula is C19H21N3O5. The number of hydrogen-bond acceptors (Lipinski definition) is 6. The Labute approximate surface area is 156 Å². The molecule has 1 heterocycles. The largest absolute Gasteiger partial charge is 0.454 e. The Morgan fingerprint density at radius 3 is 2.63 bits per heavy atom. The highest BCUT2D eigenvalue weighted by Crippen LogP contribution is 2.36. The molecule has 3 rings (SSSR count). The molecule has 0 aliphatic carbocycles. The summed E-state index contributed by atoms with van der Waals surface area (Å²) in [5.41, 5.74) is 1.39. The van der Waals surface area contributed by atoms with Crippen LogP contribution in [0.1, 0.15) is 29.8 Å². The number of nitrogens with one attached hydrogen (secondary N) is 2. The fourth-order valence-electron chi connectivity index (χ4n) is 2.86. The third-order valence-electron chi connectivity index (χ3n) is 4.56. The van der Waals surface area contributed by atoms with E-state index in [-0.39, 0.29) is 29.4 Å². The highest BCUT2D eigenvalue weighted by molar-refractivity contribution is 6.00. The average molecular weight is 371 g/mol. The van der Waals surface area contributed by atoms with Crippen molar-refractivity contribution in [2.24, 2.45) is 0 Å². The van der Waals surface area contributed by atoms with Crippen molar-refractivity contribution in [1.82, 2.24) is 5.32 Å². The zero-order valence-electron chi connectivity index (χ0n) is 15.4. The van der Waals surface area contributed by atoms with Crippen LogP contribution in [-0.4, -0.2) is 31.2 Å². The van der Waals surface area contributed by atoms with E-state index in [4.69, 9.17) is 9.47 Å². The maximum absolute atomic E-state index is 12.1. The molecule has 142 valence electrons. The molecule has 0 atom stereocenters. The van der Waals surface area contributed by atoms with Gasteiger partial charge in [-0.2, -0.15) is 0 Å². The highest BCUT2D eigenvalue weighted by Gasteiger charge is 2.25. The van der Waals surface area contributed by atoms with E-state index in [1.54, 1.807) is 6.07 Å². The summed E-state index contributed by atoms with van der Waals surface area (Å²) in [6, 6.07) is 10.0. The quantitative estimate of drug-likeness (QED) is 0.598. The fraction of sp³-hybridized carbons (Fsp3) is 0.316. The normalized spacial score (nSPS) is 12.6. The lowest BCUT2D eigenvalue weighted by Crippen LogP contribution is -2.29. The number of nitrogens with zero attached hydrogens (tertiary/aromatic N) is 1. The van der Waals surface area contributed by atoms with Gasteiger partial charge >= 0.3 is 0 Å². The molecule has 0 unspecified atom stereocenters. The van der Waals surface area contributed by atoms with Crippen LogP contribution < -0.4 is 20.1 Å². The molecule has 8 nitrogen and oxygen atoms in total. The molecule has 0 bridgehead atoms. The van der Waals surface area contributed by atoms with Crippen LogP contribution >= 0.6 is 0 Å². The lowest BCUT2D eigenvalue weighted by molar-refractivity contribution is -0.384. The average Bonchev–Trinajstić information content (AvgIpc) is 3.13. The van der Waals surface area contributed by atoms with Crippen molar-refractivity contribution in [3.63, 3.8) is 0 Å². The lowest BCUT2D eigenvalue weighted by Gasteiger charge is -2.27. The molecular weight excluding hydrogens is 350 g/mol. The molecule has 27 heavy (non-hydrogen) atoms. The van der Waals surface area contributed by atoms with Gasteiger partial charge in [-0.25, -0.2) is 0 Å². The summed E-state index contributed by atoms with van der Waals surface area (Å²) in [6.07, 6.45) is 0. The number of ether oxygens (including phenoxy) is 2. The van der Waals surface area contributed by atoms with E-state index in [2.05, 4.69) is 24.5 Å². The number of non-ortho nitro benzene ring substituents is 1. The minimum Gasteiger partial charge on any atom is -0.454 e. The second-order valence-corrected chi connectivity index (χ2v) is 6.87. The van der Waals surface area contributed by atoms with Crippen molar-refractivity contribution >= 4 is 17.3 Å². The second-order valence-electron chi connectivity index (χ2n) is 6.87. The standard InChI is InChI=1S/C19H21N3O5/c1-19(2,12-4-7-16-17(8-12)27-11-26-16)10-21-15-6-5-13(22(24)25)9-14(15)18(23)20-3/h4-9,21H,10-11H2,1-3H3,(H,20,23). The van der Waals surface area contributed by atoms with E-state index < -0.39 is 4.92 Å². The molecule has 1 aliphatic rings. The summed E-state index contributed by atoms with van der Waals surface area (Å²) in [6.45, 7) is 4.84. The van der Waals surface area contributed by atoms with Crippen molar-refractivity contribution in [3.8, 4) is 11.5 Å². The maximum atomic E-state index is 12.1. The highest BCUT2D eigenvalue weighted by atomic mass is 16.7. The summed E-state index contributed by atoms with van der Waals surface area (Å²) >= 11 is 0. The van der Waals surface area contributed by atoms with E-state index in [9.17, 15) is 14.9 Å². The van der Waals surface area contributed by atoms with Crippen LogP contribution in [0.5, 0.6) is 11.5 Å². The van der Waals surface area contributed by atoms with E-state index in [1.165, 1.54) is 19.2 Å². The lowest BCUT2D eigenvalue weighted by atomic mass is 9.84. The zero-order chi connectivity index (χ0) is 19.6. The van der Waals surface area contributed by atoms with Crippen molar-refractivity contribution in [2.75, 3.05) is 25.7 Å². The number of carbonyl (C=O) groups is 1. The summed E-state index contributed by atoms with van der Waals surface area (Å²) in [4.78, 5) is 22.6. The van der Waals surface area contributed by atoms with Crippen LogP contribution in [0.25, 0.3) is 0 Å². The van der Waals surface area contributed by atoms with Gasteiger partial charge in [-0.3, -0.25) is 14.9 Å². The first kappa shape index (κ1) is 18.5. The first-order valence-electron chi connectivity index (χ1n) is 8.46. The van der Waals surface area contributed by atoms with Gasteiger partial charge in [0.05, 0.1) is 10.5 Å². The number of fused-ring (bicyclic) bond motifs is 1.